The zero-order valence-corrected chi connectivity index (χ0v) is 14.3. The van der Waals surface area contributed by atoms with E-state index in [4.69, 9.17) is 8.83 Å². The number of hydrogen-bond donors (Lipinski definition) is 0. The Labute approximate surface area is 152 Å². The van der Waals surface area contributed by atoms with Crippen LogP contribution in [0.4, 0.5) is 0 Å². The molecule has 0 aliphatic heterocycles. The van der Waals surface area contributed by atoms with Gasteiger partial charge in [-0.15, -0.1) is 0 Å². The number of thioether (sulfide) groups is 1. The molecule has 126 valence electrons. The summed E-state index contributed by atoms with van der Waals surface area (Å²) in [6.45, 7) is 0. The van der Waals surface area contributed by atoms with Crippen LogP contribution in [0.25, 0.3) is 33.0 Å². The van der Waals surface area contributed by atoms with Gasteiger partial charge in [-0.25, -0.2) is 9.97 Å². The number of hydrogen-bond acceptors (Lipinski definition) is 6. The standard InChI is InChI=1S/C20H12N2O3S/c23-14(17-9-12-5-1-3-7-15(12)24-17)10-26-20-19-18(21-11-22-20)13-6-2-4-8-16(13)25-19/h1-9,11H,10H2. The smallest absolute Gasteiger partial charge is 0.208 e. The van der Waals surface area contributed by atoms with Crippen molar-refractivity contribution in [3.8, 4) is 0 Å². The van der Waals surface area contributed by atoms with Gasteiger partial charge in [-0.1, -0.05) is 42.1 Å². The van der Waals surface area contributed by atoms with Crippen LogP contribution in [0.1, 0.15) is 10.6 Å². The van der Waals surface area contributed by atoms with Gasteiger partial charge >= 0.3 is 0 Å². The van der Waals surface area contributed by atoms with Gasteiger partial charge in [-0.3, -0.25) is 4.79 Å². The van der Waals surface area contributed by atoms with Crippen LogP contribution in [-0.2, 0) is 0 Å². The van der Waals surface area contributed by atoms with Crippen molar-refractivity contribution in [1.29, 1.82) is 0 Å². The lowest BCUT2D eigenvalue weighted by Crippen LogP contribution is -2.01. The number of carbonyl (C=O) groups is 1. The summed E-state index contributed by atoms with van der Waals surface area (Å²) >= 11 is 1.32. The highest BCUT2D eigenvalue weighted by atomic mass is 32.2. The number of aromatic nitrogens is 2. The van der Waals surface area contributed by atoms with Crippen LogP contribution in [0.3, 0.4) is 0 Å². The molecule has 0 N–H and O–H groups in total. The van der Waals surface area contributed by atoms with E-state index in [0.717, 1.165) is 21.9 Å². The van der Waals surface area contributed by atoms with Gasteiger partial charge in [0.25, 0.3) is 0 Å². The lowest BCUT2D eigenvalue weighted by atomic mass is 10.2. The second-order valence-corrected chi connectivity index (χ2v) is 6.78. The Morgan fingerprint density at radius 3 is 2.65 bits per heavy atom. The molecule has 0 radical (unpaired) electrons. The fraction of sp³-hybridized carbons (Fsp3) is 0.0500. The molecule has 6 heteroatoms. The molecule has 3 heterocycles. The number of carbonyl (C=O) groups excluding carboxylic acids is 1. The van der Waals surface area contributed by atoms with Crippen molar-refractivity contribution in [3.05, 3.63) is 66.7 Å². The molecule has 0 amide bonds. The first-order valence-corrected chi connectivity index (χ1v) is 9.05. The lowest BCUT2D eigenvalue weighted by molar-refractivity contribution is 0.0994. The molecule has 0 aliphatic rings. The summed E-state index contributed by atoms with van der Waals surface area (Å²) in [7, 11) is 0. The minimum absolute atomic E-state index is 0.0888. The molecule has 5 aromatic rings. The van der Waals surface area contributed by atoms with E-state index in [2.05, 4.69) is 9.97 Å². The van der Waals surface area contributed by atoms with E-state index < -0.39 is 0 Å². The van der Waals surface area contributed by atoms with Crippen LogP contribution in [0.2, 0.25) is 0 Å². The van der Waals surface area contributed by atoms with Crippen LogP contribution in [0.5, 0.6) is 0 Å². The summed E-state index contributed by atoms with van der Waals surface area (Å²) in [5.41, 5.74) is 2.83. The molecule has 0 atom stereocenters. The number of benzene rings is 2. The maximum absolute atomic E-state index is 12.5. The summed E-state index contributed by atoms with van der Waals surface area (Å²) < 4.78 is 11.5. The molecule has 0 bridgehead atoms. The zero-order valence-electron chi connectivity index (χ0n) is 13.5. The van der Waals surface area contributed by atoms with Crippen molar-refractivity contribution < 1.29 is 13.6 Å². The molecule has 5 nitrogen and oxygen atoms in total. The van der Waals surface area contributed by atoms with Gasteiger partial charge in [0.05, 0.1) is 5.75 Å². The molecule has 0 saturated heterocycles. The lowest BCUT2D eigenvalue weighted by Gasteiger charge is -1.99. The molecule has 3 aromatic heterocycles. The molecule has 0 fully saturated rings. The number of rotatable bonds is 4. The quantitative estimate of drug-likeness (QED) is 0.252. The normalized spacial score (nSPS) is 11.5. The van der Waals surface area contributed by atoms with Gasteiger partial charge in [-0.05, 0) is 24.3 Å². The van der Waals surface area contributed by atoms with E-state index >= 15 is 0 Å². The molecule has 26 heavy (non-hydrogen) atoms. The second-order valence-electron chi connectivity index (χ2n) is 5.82. The number of furan rings is 2. The highest BCUT2D eigenvalue weighted by Crippen LogP contribution is 2.32. The van der Waals surface area contributed by atoms with Crippen LogP contribution in [0.15, 0.2) is 74.8 Å². The van der Waals surface area contributed by atoms with Crippen LogP contribution in [0, 0.1) is 0 Å². The third-order valence-electron chi connectivity index (χ3n) is 4.17. The number of nitrogens with zero attached hydrogens (tertiary/aromatic N) is 2. The van der Waals surface area contributed by atoms with Crippen molar-refractivity contribution >= 4 is 50.6 Å². The highest BCUT2D eigenvalue weighted by Gasteiger charge is 2.17. The minimum Gasteiger partial charge on any atom is -0.453 e. The molecule has 0 unspecified atom stereocenters. The van der Waals surface area contributed by atoms with Gasteiger partial charge in [0.1, 0.15) is 28.0 Å². The van der Waals surface area contributed by atoms with Crippen LogP contribution < -0.4 is 0 Å². The third kappa shape index (κ3) is 2.46. The highest BCUT2D eigenvalue weighted by molar-refractivity contribution is 8.00. The molecular weight excluding hydrogens is 348 g/mol. The summed E-state index contributed by atoms with van der Waals surface area (Å²) in [5, 5.41) is 2.51. The second kappa shape index (κ2) is 6.00. The predicted octanol–water partition coefficient (Wildman–Crippen LogP) is 5.10. The van der Waals surface area contributed by atoms with Crippen molar-refractivity contribution in [1.82, 2.24) is 9.97 Å². The summed E-state index contributed by atoms with van der Waals surface area (Å²) in [4.78, 5) is 21.1. The Morgan fingerprint density at radius 1 is 0.962 bits per heavy atom. The fourth-order valence-electron chi connectivity index (χ4n) is 2.93. The predicted molar refractivity (Wildman–Crippen MR) is 101 cm³/mol. The minimum atomic E-state index is -0.0888. The number of para-hydroxylation sites is 2. The van der Waals surface area contributed by atoms with E-state index in [1.165, 1.54) is 18.1 Å². The van der Waals surface area contributed by atoms with Gasteiger partial charge < -0.3 is 8.83 Å². The molecule has 0 aliphatic carbocycles. The Kier molecular flexibility index (Phi) is 3.50. The average Bonchev–Trinajstić information content (AvgIpc) is 3.27. The van der Waals surface area contributed by atoms with Crippen LogP contribution in [-0.4, -0.2) is 21.5 Å². The topological polar surface area (TPSA) is 69.1 Å². The first-order valence-electron chi connectivity index (χ1n) is 8.06. The van der Waals surface area contributed by atoms with E-state index in [9.17, 15) is 4.79 Å². The summed E-state index contributed by atoms with van der Waals surface area (Å²) in [5.74, 6) is 0.478. The largest absolute Gasteiger partial charge is 0.453 e. The Morgan fingerprint density at radius 2 is 1.77 bits per heavy atom. The number of fused-ring (bicyclic) bond motifs is 4. The van der Waals surface area contributed by atoms with Gasteiger partial charge in [0.15, 0.2) is 11.3 Å². The molecule has 0 spiro atoms. The van der Waals surface area contributed by atoms with E-state index in [-0.39, 0.29) is 11.5 Å². The van der Waals surface area contributed by atoms with E-state index in [1.807, 2.05) is 48.5 Å². The van der Waals surface area contributed by atoms with Gasteiger partial charge in [-0.2, -0.15) is 0 Å². The van der Waals surface area contributed by atoms with Gasteiger partial charge in [0.2, 0.25) is 5.78 Å². The van der Waals surface area contributed by atoms with Gasteiger partial charge in [0, 0.05) is 10.8 Å². The first-order chi connectivity index (χ1) is 12.8. The number of Topliss-reactive ketones (excluding diaryl/α,β-unsaturated/α-hetero) is 1. The average molecular weight is 360 g/mol. The Balaban J connectivity index is 1.45. The SMILES string of the molecule is O=C(CSc1ncnc2c1oc1ccccc12)c1cc2ccccc2o1. The maximum Gasteiger partial charge on any atom is 0.208 e. The van der Waals surface area contributed by atoms with E-state index in [1.54, 1.807) is 6.07 Å². The third-order valence-corrected chi connectivity index (χ3v) is 5.14. The number of ketones is 1. The van der Waals surface area contributed by atoms with Crippen molar-refractivity contribution in [3.63, 3.8) is 0 Å². The molecular formula is C20H12N2O3S. The molecule has 2 aromatic carbocycles. The molecule has 0 saturated carbocycles. The maximum atomic E-state index is 12.5. The molecule has 5 rings (SSSR count). The Bertz CT molecular complexity index is 1240. The Hall–Kier alpha value is -3.12. The van der Waals surface area contributed by atoms with E-state index in [0.29, 0.717) is 22.0 Å². The van der Waals surface area contributed by atoms with Crippen LogP contribution >= 0.6 is 11.8 Å². The van der Waals surface area contributed by atoms with Crippen molar-refractivity contribution in [2.24, 2.45) is 0 Å². The summed E-state index contributed by atoms with van der Waals surface area (Å²) in [6, 6.07) is 17.1. The zero-order chi connectivity index (χ0) is 17.5. The summed E-state index contributed by atoms with van der Waals surface area (Å²) in [6.07, 6.45) is 1.50. The van der Waals surface area contributed by atoms with Crippen molar-refractivity contribution in [2.45, 2.75) is 5.03 Å². The monoisotopic (exact) mass is 360 g/mol. The fourth-order valence-corrected chi connectivity index (χ4v) is 3.73. The first kappa shape index (κ1) is 15.2. The van der Waals surface area contributed by atoms with Crippen molar-refractivity contribution in [2.75, 3.05) is 5.75 Å².